The van der Waals surface area contributed by atoms with Crippen LogP contribution in [0.2, 0.25) is 0 Å². The maximum Gasteiger partial charge on any atom is 0.237 e. The predicted molar refractivity (Wildman–Crippen MR) is 77.9 cm³/mol. The van der Waals surface area contributed by atoms with Gasteiger partial charge in [0.25, 0.3) is 0 Å². The molecular formula is C15H30N2O2. The third-order valence-electron chi connectivity index (χ3n) is 3.75. The molecular weight excluding hydrogens is 240 g/mol. The van der Waals surface area contributed by atoms with Crippen LogP contribution in [0, 0.1) is 10.8 Å². The van der Waals surface area contributed by atoms with Crippen LogP contribution in [0.3, 0.4) is 0 Å². The molecule has 19 heavy (non-hydrogen) atoms. The SMILES string of the molecule is CC(C)(C)CC(O)CNC(=O)C1NCCCC1(C)C. The lowest BCUT2D eigenvalue weighted by Crippen LogP contribution is -2.56. The van der Waals surface area contributed by atoms with Crippen LogP contribution in [0.15, 0.2) is 0 Å². The zero-order chi connectivity index (χ0) is 14.7. The van der Waals surface area contributed by atoms with Crippen LogP contribution in [0.1, 0.15) is 53.9 Å². The van der Waals surface area contributed by atoms with Gasteiger partial charge < -0.3 is 15.7 Å². The Labute approximate surface area is 117 Å². The van der Waals surface area contributed by atoms with Gasteiger partial charge in [-0.2, -0.15) is 0 Å². The van der Waals surface area contributed by atoms with Crippen LogP contribution in [0.4, 0.5) is 0 Å². The number of carbonyl (C=O) groups excluding carboxylic acids is 1. The fourth-order valence-corrected chi connectivity index (χ4v) is 2.76. The summed E-state index contributed by atoms with van der Waals surface area (Å²) in [6.45, 7) is 11.7. The number of amides is 1. The van der Waals surface area contributed by atoms with E-state index in [-0.39, 0.29) is 22.8 Å². The summed E-state index contributed by atoms with van der Waals surface area (Å²) < 4.78 is 0. The molecule has 0 aromatic rings. The van der Waals surface area contributed by atoms with Crippen LogP contribution < -0.4 is 10.6 Å². The number of aliphatic hydroxyl groups is 1. The van der Waals surface area contributed by atoms with E-state index in [2.05, 4.69) is 45.3 Å². The van der Waals surface area contributed by atoms with E-state index in [1.165, 1.54) is 0 Å². The van der Waals surface area contributed by atoms with E-state index in [0.717, 1.165) is 19.4 Å². The highest BCUT2D eigenvalue weighted by molar-refractivity contribution is 5.82. The molecule has 4 heteroatoms. The average molecular weight is 270 g/mol. The maximum atomic E-state index is 12.2. The minimum atomic E-state index is -0.476. The first-order valence-corrected chi connectivity index (χ1v) is 7.31. The smallest absolute Gasteiger partial charge is 0.237 e. The summed E-state index contributed by atoms with van der Waals surface area (Å²) in [6, 6.07) is -0.150. The minimum Gasteiger partial charge on any atom is -0.391 e. The summed E-state index contributed by atoms with van der Waals surface area (Å²) in [5.41, 5.74) is 0.0593. The Morgan fingerprint density at radius 3 is 2.63 bits per heavy atom. The molecule has 1 aliphatic heterocycles. The summed E-state index contributed by atoms with van der Waals surface area (Å²) in [5.74, 6) is 0.0117. The van der Waals surface area contributed by atoms with Crippen molar-refractivity contribution in [3.05, 3.63) is 0 Å². The Balaban J connectivity index is 2.42. The summed E-state index contributed by atoms with van der Waals surface area (Å²) in [5, 5.41) is 16.1. The molecule has 1 aliphatic rings. The van der Waals surface area contributed by atoms with Crippen molar-refractivity contribution in [3.63, 3.8) is 0 Å². The lowest BCUT2D eigenvalue weighted by molar-refractivity contribution is -0.127. The van der Waals surface area contributed by atoms with Crippen LogP contribution >= 0.6 is 0 Å². The maximum absolute atomic E-state index is 12.2. The molecule has 1 amide bonds. The van der Waals surface area contributed by atoms with E-state index >= 15 is 0 Å². The third kappa shape index (κ3) is 5.49. The highest BCUT2D eigenvalue weighted by Gasteiger charge is 2.37. The molecule has 3 N–H and O–H groups in total. The average Bonchev–Trinajstić information content (AvgIpc) is 2.23. The molecule has 4 nitrogen and oxygen atoms in total. The molecule has 0 aliphatic carbocycles. The fraction of sp³-hybridized carbons (Fsp3) is 0.933. The first-order valence-electron chi connectivity index (χ1n) is 7.31. The molecule has 112 valence electrons. The zero-order valence-corrected chi connectivity index (χ0v) is 13.0. The number of hydrogen-bond donors (Lipinski definition) is 3. The molecule has 2 atom stereocenters. The molecule has 1 rings (SSSR count). The largest absolute Gasteiger partial charge is 0.391 e. The number of piperidine rings is 1. The molecule has 0 saturated carbocycles. The fourth-order valence-electron chi connectivity index (χ4n) is 2.76. The molecule has 1 saturated heterocycles. The normalized spacial score (nSPS) is 24.8. The van der Waals surface area contributed by atoms with Gasteiger partial charge in [0.15, 0.2) is 0 Å². The van der Waals surface area contributed by atoms with Crippen molar-refractivity contribution in [2.45, 2.75) is 66.0 Å². The van der Waals surface area contributed by atoms with Crippen LogP contribution in [0.5, 0.6) is 0 Å². The van der Waals surface area contributed by atoms with Crippen molar-refractivity contribution in [2.24, 2.45) is 10.8 Å². The second-order valence-electron chi connectivity index (χ2n) is 7.64. The highest BCUT2D eigenvalue weighted by Crippen LogP contribution is 2.30. The Morgan fingerprint density at radius 2 is 2.11 bits per heavy atom. The predicted octanol–water partition coefficient (Wildman–Crippen LogP) is 1.68. The van der Waals surface area contributed by atoms with Crippen molar-refractivity contribution in [3.8, 4) is 0 Å². The molecule has 0 spiro atoms. The standard InChI is InChI=1S/C15H30N2O2/c1-14(2,3)9-11(18)10-17-13(19)12-15(4,5)7-6-8-16-12/h11-12,16,18H,6-10H2,1-5H3,(H,17,19). The van der Waals surface area contributed by atoms with Gasteiger partial charge in [-0.3, -0.25) is 4.79 Å². The van der Waals surface area contributed by atoms with Crippen LogP contribution in [-0.2, 0) is 4.79 Å². The van der Waals surface area contributed by atoms with E-state index in [1.807, 2.05) is 0 Å². The zero-order valence-electron chi connectivity index (χ0n) is 13.0. The van der Waals surface area contributed by atoms with Gasteiger partial charge in [-0.25, -0.2) is 0 Å². The quantitative estimate of drug-likeness (QED) is 0.728. The summed E-state index contributed by atoms with van der Waals surface area (Å²) in [4.78, 5) is 12.2. The Morgan fingerprint density at radius 1 is 1.47 bits per heavy atom. The number of hydrogen-bond acceptors (Lipinski definition) is 3. The molecule has 1 fully saturated rings. The molecule has 1 heterocycles. The summed E-state index contributed by atoms with van der Waals surface area (Å²) in [6.07, 6.45) is 2.39. The van der Waals surface area contributed by atoms with Crippen molar-refractivity contribution in [1.29, 1.82) is 0 Å². The van der Waals surface area contributed by atoms with E-state index in [4.69, 9.17) is 0 Å². The van der Waals surface area contributed by atoms with E-state index in [9.17, 15) is 9.90 Å². The summed E-state index contributed by atoms with van der Waals surface area (Å²) >= 11 is 0. The van der Waals surface area contributed by atoms with Crippen molar-refractivity contribution in [1.82, 2.24) is 10.6 Å². The number of nitrogens with one attached hydrogen (secondary N) is 2. The molecule has 0 aromatic carbocycles. The summed E-state index contributed by atoms with van der Waals surface area (Å²) in [7, 11) is 0. The Kier molecular flexibility index (Phi) is 5.39. The molecule has 0 aromatic heterocycles. The van der Waals surface area contributed by atoms with Gasteiger partial charge in [0.2, 0.25) is 5.91 Å². The van der Waals surface area contributed by atoms with E-state index < -0.39 is 6.10 Å². The molecule has 0 radical (unpaired) electrons. The van der Waals surface area contributed by atoms with Gasteiger partial charge in [0, 0.05) is 6.54 Å². The van der Waals surface area contributed by atoms with Crippen molar-refractivity contribution < 1.29 is 9.90 Å². The first kappa shape index (κ1) is 16.4. The highest BCUT2D eigenvalue weighted by atomic mass is 16.3. The molecule has 2 unspecified atom stereocenters. The van der Waals surface area contributed by atoms with Gasteiger partial charge in [-0.15, -0.1) is 0 Å². The second kappa shape index (κ2) is 6.23. The van der Waals surface area contributed by atoms with Gasteiger partial charge in [0.1, 0.15) is 0 Å². The number of carbonyl (C=O) groups is 1. The second-order valence-corrected chi connectivity index (χ2v) is 7.64. The first-order chi connectivity index (χ1) is 8.62. The van der Waals surface area contributed by atoms with Gasteiger partial charge in [0.05, 0.1) is 12.1 Å². The van der Waals surface area contributed by atoms with E-state index in [1.54, 1.807) is 0 Å². The minimum absolute atomic E-state index is 0.0117. The van der Waals surface area contributed by atoms with E-state index in [0.29, 0.717) is 13.0 Å². The third-order valence-corrected chi connectivity index (χ3v) is 3.75. The lowest BCUT2D eigenvalue weighted by atomic mass is 9.77. The van der Waals surface area contributed by atoms with Gasteiger partial charge >= 0.3 is 0 Å². The lowest BCUT2D eigenvalue weighted by Gasteiger charge is -2.38. The van der Waals surface area contributed by atoms with Gasteiger partial charge in [-0.05, 0) is 36.6 Å². The van der Waals surface area contributed by atoms with Crippen molar-refractivity contribution >= 4 is 5.91 Å². The Bertz CT molecular complexity index is 308. The monoisotopic (exact) mass is 270 g/mol. The number of rotatable bonds is 4. The van der Waals surface area contributed by atoms with Crippen molar-refractivity contribution in [2.75, 3.05) is 13.1 Å². The number of aliphatic hydroxyl groups excluding tert-OH is 1. The topological polar surface area (TPSA) is 61.4 Å². The van der Waals surface area contributed by atoms with Crippen LogP contribution in [-0.4, -0.2) is 36.2 Å². The molecule has 0 bridgehead atoms. The van der Waals surface area contributed by atoms with Gasteiger partial charge in [-0.1, -0.05) is 34.6 Å². The Hall–Kier alpha value is -0.610. The van der Waals surface area contributed by atoms with Crippen LogP contribution in [0.25, 0.3) is 0 Å².